The van der Waals surface area contributed by atoms with Crippen LogP contribution in [0, 0.1) is 0 Å². The van der Waals surface area contributed by atoms with Crippen LogP contribution in [-0.2, 0) is 9.59 Å². The van der Waals surface area contributed by atoms with Crippen LogP contribution < -0.4 is 10.4 Å². The predicted octanol–water partition coefficient (Wildman–Crippen LogP) is -0.625. The molecule has 0 saturated heterocycles. The fourth-order valence-corrected chi connectivity index (χ4v) is 0.704. The Morgan fingerprint density at radius 3 is 2.25 bits per heavy atom. The molecule has 4 nitrogen and oxygen atoms in total. The Morgan fingerprint density at radius 1 is 1.17 bits per heavy atom. The molecule has 4 heteroatoms. The van der Waals surface area contributed by atoms with Gasteiger partial charge in [0.1, 0.15) is 5.97 Å². The molecule has 0 unspecified atom stereocenters. The number of aliphatic carboxylic acids is 1. The fourth-order valence-electron chi connectivity index (χ4n) is 0.704. The number of carboxylic acid groups (broad SMARTS) is 1. The molecule has 1 N–H and O–H groups in total. The summed E-state index contributed by atoms with van der Waals surface area (Å²) in [6.07, 6.45) is 0. The lowest BCUT2D eigenvalue weighted by Gasteiger charge is -2.03. The zero-order valence-corrected chi connectivity index (χ0v) is 6.11. The third kappa shape index (κ3) is 2.09. The highest BCUT2D eigenvalue weighted by molar-refractivity contribution is 6.35. The summed E-state index contributed by atoms with van der Waals surface area (Å²) < 4.78 is 0. The van der Waals surface area contributed by atoms with Crippen molar-refractivity contribution in [1.82, 2.24) is 0 Å². The summed E-state index contributed by atoms with van der Waals surface area (Å²) in [7, 11) is 0. The van der Waals surface area contributed by atoms with Gasteiger partial charge in [0.25, 0.3) is 5.91 Å². The number of carbonyl (C=O) groups excluding carboxylic acids is 2. The Morgan fingerprint density at radius 2 is 1.75 bits per heavy atom. The molecular formula is C8H6NO3-. The minimum absolute atomic E-state index is 0.437. The molecule has 0 fully saturated rings. The summed E-state index contributed by atoms with van der Waals surface area (Å²) in [5, 5.41) is 12.1. The van der Waals surface area contributed by atoms with Crippen LogP contribution in [-0.4, -0.2) is 11.9 Å². The minimum atomic E-state index is -1.74. The van der Waals surface area contributed by atoms with Gasteiger partial charge in [0.15, 0.2) is 0 Å². The normalized spacial score (nSPS) is 9.00. The van der Waals surface area contributed by atoms with Gasteiger partial charge < -0.3 is 15.2 Å². The van der Waals surface area contributed by atoms with Gasteiger partial charge in [0.05, 0.1) is 0 Å². The van der Waals surface area contributed by atoms with Gasteiger partial charge in [-0.3, -0.25) is 4.79 Å². The highest BCUT2D eigenvalue weighted by atomic mass is 16.4. The van der Waals surface area contributed by atoms with Crippen LogP contribution in [0.15, 0.2) is 30.3 Å². The maximum atomic E-state index is 10.5. The summed E-state index contributed by atoms with van der Waals surface area (Å²) in [5.74, 6) is -2.87. The molecule has 1 aromatic carbocycles. The second-order valence-corrected chi connectivity index (χ2v) is 2.11. The second-order valence-electron chi connectivity index (χ2n) is 2.11. The van der Waals surface area contributed by atoms with Crippen LogP contribution >= 0.6 is 0 Å². The van der Waals surface area contributed by atoms with E-state index in [4.69, 9.17) is 0 Å². The average molecular weight is 164 g/mol. The van der Waals surface area contributed by atoms with Gasteiger partial charge in [-0.1, -0.05) is 18.2 Å². The van der Waals surface area contributed by atoms with Gasteiger partial charge >= 0.3 is 0 Å². The van der Waals surface area contributed by atoms with Crippen molar-refractivity contribution in [2.24, 2.45) is 0 Å². The van der Waals surface area contributed by atoms with Crippen LogP contribution in [0.4, 0.5) is 5.69 Å². The van der Waals surface area contributed by atoms with Gasteiger partial charge in [-0.05, 0) is 12.1 Å². The lowest BCUT2D eigenvalue weighted by atomic mass is 10.3. The van der Waals surface area contributed by atoms with Crippen molar-refractivity contribution in [1.29, 1.82) is 0 Å². The smallest absolute Gasteiger partial charge is 0.271 e. The third-order valence-electron chi connectivity index (χ3n) is 1.22. The van der Waals surface area contributed by atoms with E-state index in [1.165, 1.54) is 0 Å². The van der Waals surface area contributed by atoms with Gasteiger partial charge in [0.2, 0.25) is 0 Å². The zero-order valence-electron chi connectivity index (χ0n) is 6.11. The Kier molecular flexibility index (Phi) is 2.42. The van der Waals surface area contributed by atoms with E-state index in [1.807, 2.05) is 0 Å². The van der Waals surface area contributed by atoms with E-state index < -0.39 is 11.9 Å². The topological polar surface area (TPSA) is 69.2 Å². The van der Waals surface area contributed by atoms with Crippen LogP contribution in [0.1, 0.15) is 0 Å². The molecule has 12 heavy (non-hydrogen) atoms. The molecule has 0 radical (unpaired) electrons. The molecule has 0 aromatic heterocycles. The minimum Gasteiger partial charge on any atom is -0.540 e. The van der Waals surface area contributed by atoms with E-state index >= 15 is 0 Å². The van der Waals surface area contributed by atoms with Crippen LogP contribution in [0.5, 0.6) is 0 Å². The molecule has 62 valence electrons. The number of carbonyl (C=O) groups is 2. The summed E-state index contributed by atoms with van der Waals surface area (Å²) >= 11 is 0. The molecule has 0 aliphatic carbocycles. The van der Waals surface area contributed by atoms with Crippen molar-refractivity contribution in [2.75, 3.05) is 5.32 Å². The molecule has 0 heterocycles. The number of anilines is 1. The Bertz CT molecular complexity index is 294. The first-order valence-electron chi connectivity index (χ1n) is 3.27. The fraction of sp³-hybridized carbons (Fsp3) is 0. The van der Waals surface area contributed by atoms with Crippen molar-refractivity contribution in [3.05, 3.63) is 30.3 Å². The second kappa shape index (κ2) is 3.52. The largest absolute Gasteiger partial charge is 0.540 e. The third-order valence-corrected chi connectivity index (χ3v) is 1.22. The summed E-state index contributed by atoms with van der Waals surface area (Å²) in [4.78, 5) is 20.5. The van der Waals surface area contributed by atoms with Crippen LogP contribution in [0.2, 0.25) is 0 Å². The number of para-hydroxylation sites is 1. The van der Waals surface area contributed by atoms with E-state index in [1.54, 1.807) is 30.3 Å². The standard InChI is InChI=1S/C8H7NO3/c10-7(8(11)12)9-6-4-2-1-3-5-6/h1-5H,(H,9,10)(H,11,12)/p-1. The van der Waals surface area contributed by atoms with Gasteiger partial charge in [-0.2, -0.15) is 0 Å². The number of nitrogens with one attached hydrogen (secondary N) is 1. The van der Waals surface area contributed by atoms with E-state index in [-0.39, 0.29) is 0 Å². The van der Waals surface area contributed by atoms with Crippen molar-refractivity contribution in [2.45, 2.75) is 0 Å². The summed E-state index contributed by atoms with van der Waals surface area (Å²) in [6.45, 7) is 0. The average Bonchev–Trinajstić information content (AvgIpc) is 2.06. The van der Waals surface area contributed by atoms with E-state index in [9.17, 15) is 14.7 Å². The van der Waals surface area contributed by atoms with E-state index in [2.05, 4.69) is 5.32 Å². The van der Waals surface area contributed by atoms with Gasteiger partial charge in [0, 0.05) is 5.69 Å². The van der Waals surface area contributed by atoms with E-state index in [0.717, 1.165) is 0 Å². The Labute approximate surface area is 68.8 Å². The molecule has 0 aliphatic heterocycles. The maximum absolute atomic E-state index is 10.5. The van der Waals surface area contributed by atoms with Crippen LogP contribution in [0.25, 0.3) is 0 Å². The molecule has 0 spiro atoms. The number of carboxylic acids is 1. The maximum Gasteiger partial charge on any atom is 0.271 e. The predicted molar refractivity (Wildman–Crippen MR) is 40.1 cm³/mol. The van der Waals surface area contributed by atoms with Gasteiger partial charge in [-0.25, -0.2) is 0 Å². The van der Waals surface area contributed by atoms with Crippen molar-refractivity contribution >= 4 is 17.6 Å². The molecule has 0 atom stereocenters. The number of rotatable bonds is 1. The lowest BCUT2D eigenvalue weighted by molar-refractivity contribution is -0.299. The lowest BCUT2D eigenvalue weighted by Crippen LogP contribution is -2.36. The first-order chi connectivity index (χ1) is 5.70. The number of hydrogen-bond acceptors (Lipinski definition) is 3. The van der Waals surface area contributed by atoms with Crippen molar-refractivity contribution in [3.8, 4) is 0 Å². The Hall–Kier alpha value is -1.84. The number of amides is 1. The summed E-state index contributed by atoms with van der Waals surface area (Å²) in [6, 6.07) is 8.30. The highest BCUT2D eigenvalue weighted by Gasteiger charge is 2.00. The molecular weight excluding hydrogens is 158 g/mol. The van der Waals surface area contributed by atoms with Crippen LogP contribution in [0.3, 0.4) is 0 Å². The number of hydrogen-bond donors (Lipinski definition) is 1. The quantitative estimate of drug-likeness (QED) is 0.562. The van der Waals surface area contributed by atoms with Crippen molar-refractivity contribution < 1.29 is 14.7 Å². The first kappa shape index (κ1) is 8.26. The highest BCUT2D eigenvalue weighted by Crippen LogP contribution is 2.03. The molecule has 0 aliphatic rings. The van der Waals surface area contributed by atoms with E-state index in [0.29, 0.717) is 5.69 Å². The Balaban J connectivity index is 2.65. The first-order valence-corrected chi connectivity index (χ1v) is 3.27. The monoisotopic (exact) mass is 164 g/mol. The molecule has 1 rings (SSSR count). The SMILES string of the molecule is O=C([O-])C(=O)Nc1ccccc1. The molecule has 0 saturated carbocycles. The molecule has 1 aromatic rings. The molecule has 1 amide bonds. The van der Waals surface area contributed by atoms with Crippen molar-refractivity contribution in [3.63, 3.8) is 0 Å². The number of benzene rings is 1. The van der Waals surface area contributed by atoms with Gasteiger partial charge in [-0.15, -0.1) is 0 Å². The summed E-state index contributed by atoms with van der Waals surface area (Å²) in [5.41, 5.74) is 0.437. The molecule has 0 bridgehead atoms. The zero-order chi connectivity index (χ0) is 8.97.